The van der Waals surface area contributed by atoms with Crippen molar-refractivity contribution >= 4 is 51.5 Å². The lowest BCUT2D eigenvalue weighted by Gasteiger charge is -2.35. The first-order valence-electron chi connectivity index (χ1n) is 6.73. The van der Waals surface area contributed by atoms with Gasteiger partial charge in [-0.15, -0.1) is 0 Å². The Balaban J connectivity index is 2.39. The number of hydrogen-bond acceptors (Lipinski definition) is 4. The molecular weight excluding hydrogens is 416 g/mol. The van der Waals surface area contributed by atoms with Crippen LogP contribution in [0, 0.1) is 0 Å². The molecule has 0 aliphatic carbocycles. The fourth-order valence-electron chi connectivity index (χ4n) is 2.04. The minimum atomic E-state index is -2.21. The van der Waals surface area contributed by atoms with E-state index in [4.69, 9.17) is 5.73 Å². The van der Waals surface area contributed by atoms with E-state index in [1.54, 1.807) is 4.52 Å². The van der Waals surface area contributed by atoms with Crippen LogP contribution < -0.4 is 5.73 Å². The summed E-state index contributed by atoms with van der Waals surface area (Å²) in [5.74, 6) is 0.444. The van der Waals surface area contributed by atoms with E-state index in [2.05, 4.69) is 55.8 Å². The third kappa shape index (κ3) is 3.04. The van der Waals surface area contributed by atoms with Crippen LogP contribution in [0.3, 0.4) is 0 Å². The zero-order valence-corrected chi connectivity index (χ0v) is 16.8. The summed E-state index contributed by atoms with van der Waals surface area (Å²) in [4.78, 5) is 14.4. The lowest BCUT2D eigenvalue weighted by Crippen LogP contribution is -2.39. The number of halogens is 2. The third-order valence-corrected chi connectivity index (χ3v) is 9.61. The molecule has 8 heteroatoms. The van der Waals surface area contributed by atoms with Gasteiger partial charge in [0.05, 0.1) is 4.47 Å². The fraction of sp³-hybridized carbons (Fsp3) is 0.538. The zero-order chi connectivity index (χ0) is 16.0. The van der Waals surface area contributed by atoms with E-state index in [1.807, 2.05) is 13.1 Å². The van der Waals surface area contributed by atoms with Gasteiger partial charge in [-0.05, 0) is 62.8 Å². The van der Waals surface area contributed by atoms with Crippen LogP contribution >= 0.6 is 31.9 Å². The van der Waals surface area contributed by atoms with Gasteiger partial charge in [-0.2, -0.15) is 5.10 Å². The van der Waals surface area contributed by atoms with Crippen molar-refractivity contribution in [2.24, 2.45) is 0 Å². The highest BCUT2D eigenvalue weighted by atomic mass is 79.9. The molecule has 0 fully saturated rings. The second kappa shape index (κ2) is 5.64. The highest BCUT2D eigenvalue weighted by molar-refractivity contribution is 9.11. The molecule has 0 aromatic carbocycles. The molecule has 2 aromatic rings. The van der Waals surface area contributed by atoms with E-state index < -0.39 is 8.32 Å². The van der Waals surface area contributed by atoms with E-state index in [9.17, 15) is 4.80 Å². The first-order chi connectivity index (χ1) is 9.56. The number of hydrogen-bond donors (Lipinski definition) is 2. The highest BCUT2D eigenvalue weighted by Crippen LogP contribution is 2.42. The number of rotatable bonds is 4. The van der Waals surface area contributed by atoms with Crippen molar-refractivity contribution in [3.63, 3.8) is 0 Å². The van der Waals surface area contributed by atoms with Crippen molar-refractivity contribution in [1.29, 1.82) is 0 Å². The quantitative estimate of drug-likeness (QED) is 0.717. The van der Waals surface area contributed by atoms with Gasteiger partial charge < -0.3 is 10.5 Å². The summed E-state index contributed by atoms with van der Waals surface area (Å²) >= 11 is 7.20. The lowest BCUT2D eigenvalue weighted by atomic mass is 10.0. The van der Waals surface area contributed by atoms with Gasteiger partial charge in [0, 0.05) is 5.56 Å². The molecule has 0 aliphatic heterocycles. The van der Waals surface area contributed by atoms with Gasteiger partial charge >= 0.3 is 0 Å². The predicted molar refractivity (Wildman–Crippen MR) is 94.9 cm³/mol. The monoisotopic (exact) mass is 434 g/mol. The molecule has 0 amide bonds. The van der Waals surface area contributed by atoms with Crippen molar-refractivity contribution < 1.29 is 4.80 Å². The molecular formula is C13H20Br2N4OSi. The van der Waals surface area contributed by atoms with E-state index in [0.717, 1.165) is 33.0 Å². The Hall–Kier alpha value is -0.443. The van der Waals surface area contributed by atoms with Crippen LogP contribution in [-0.2, 0) is 6.42 Å². The fourth-order valence-corrected chi connectivity index (χ4v) is 4.46. The highest BCUT2D eigenvalue weighted by Gasteiger charge is 2.38. The number of nitrogen functional groups attached to an aromatic ring is 1. The number of fused-ring (bicyclic) bond motifs is 1. The molecule has 2 heterocycles. The Kier molecular flexibility index (Phi) is 4.54. The summed E-state index contributed by atoms with van der Waals surface area (Å²) in [6.07, 6.45) is 3.16. The Morgan fingerprint density at radius 3 is 2.52 bits per heavy atom. The van der Waals surface area contributed by atoms with Gasteiger partial charge in [-0.1, -0.05) is 13.8 Å². The molecule has 5 nitrogen and oxygen atoms in total. The largest absolute Gasteiger partial charge is 0.432 e. The molecule has 0 aliphatic rings. The average Bonchev–Trinajstić information content (AvgIpc) is 2.59. The average molecular weight is 436 g/mol. The lowest BCUT2D eigenvalue weighted by molar-refractivity contribution is 0.451. The number of nitrogens with zero attached hydrogens (tertiary/aromatic N) is 3. The third-order valence-electron chi connectivity index (χ3n) is 4.38. The normalized spacial score (nSPS) is 13.1. The van der Waals surface area contributed by atoms with Crippen LogP contribution in [0.4, 0.5) is 5.82 Å². The van der Waals surface area contributed by atoms with E-state index in [0.29, 0.717) is 5.82 Å². The van der Waals surface area contributed by atoms with Crippen LogP contribution in [0.5, 0.6) is 0 Å². The van der Waals surface area contributed by atoms with E-state index in [-0.39, 0.29) is 5.04 Å². The molecule has 2 rings (SSSR count). The van der Waals surface area contributed by atoms with Crippen LogP contribution in [0.25, 0.3) is 5.52 Å². The SMILES string of the molecule is CC(C)(CCc1c(Br)c2c(N)ncnn2c1Br)[Si](C)(C)O. The van der Waals surface area contributed by atoms with Crippen molar-refractivity contribution in [1.82, 2.24) is 14.6 Å². The van der Waals surface area contributed by atoms with Gasteiger partial charge in [0.15, 0.2) is 14.1 Å². The molecule has 0 unspecified atom stereocenters. The Bertz CT molecular complexity index is 679. The smallest absolute Gasteiger partial charge is 0.188 e. The summed E-state index contributed by atoms with van der Waals surface area (Å²) in [6, 6.07) is 0. The second-order valence-electron chi connectivity index (χ2n) is 6.43. The molecule has 2 aromatic heterocycles. The van der Waals surface area contributed by atoms with Crippen LogP contribution in [0.1, 0.15) is 25.8 Å². The Labute approximate surface area is 142 Å². The molecule has 0 saturated heterocycles. The van der Waals surface area contributed by atoms with Crippen molar-refractivity contribution in [2.75, 3.05) is 5.73 Å². The van der Waals surface area contributed by atoms with Gasteiger partial charge in [0.1, 0.15) is 16.4 Å². The summed E-state index contributed by atoms with van der Waals surface area (Å²) < 4.78 is 3.54. The molecule has 0 atom stereocenters. The van der Waals surface area contributed by atoms with Crippen LogP contribution in [0.2, 0.25) is 18.1 Å². The summed E-state index contributed by atoms with van der Waals surface area (Å²) in [5.41, 5.74) is 7.82. The molecule has 0 spiro atoms. The van der Waals surface area contributed by atoms with Crippen LogP contribution in [0.15, 0.2) is 15.4 Å². The maximum atomic E-state index is 10.4. The summed E-state index contributed by atoms with van der Waals surface area (Å²) in [6.45, 7) is 8.23. The predicted octanol–water partition coefficient (Wildman–Crippen LogP) is 3.75. The topological polar surface area (TPSA) is 76.4 Å². The first-order valence-corrected chi connectivity index (χ1v) is 11.3. The first kappa shape index (κ1) is 16.9. The van der Waals surface area contributed by atoms with Crippen LogP contribution in [-0.4, -0.2) is 27.7 Å². The molecule has 0 bridgehead atoms. The minimum absolute atomic E-state index is 0.0722. The zero-order valence-electron chi connectivity index (χ0n) is 12.6. The number of anilines is 1. The maximum Gasteiger partial charge on any atom is 0.188 e. The summed E-state index contributed by atoms with van der Waals surface area (Å²) in [7, 11) is -2.21. The number of nitrogens with two attached hydrogens (primary N) is 1. The minimum Gasteiger partial charge on any atom is -0.432 e. The molecule has 21 heavy (non-hydrogen) atoms. The molecule has 0 saturated carbocycles. The molecule has 0 radical (unpaired) electrons. The standard InChI is InChI=1S/C13H20Br2N4OSi/c1-13(2,21(3,4)20)6-5-8-9(14)10-12(16)17-7-18-19(10)11(8)15/h7,20H,5-6H2,1-4H3,(H2,16,17,18). The van der Waals surface area contributed by atoms with Crippen molar-refractivity contribution in [3.05, 3.63) is 21.0 Å². The van der Waals surface area contributed by atoms with E-state index >= 15 is 0 Å². The summed E-state index contributed by atoms with van der Waals surface area (Å²) in [5, 5.41) is 4.15. The van der Waals surface area contributed by atoms with Gasteiger partial charge in [0.2, 0.25) is 0 Å². The molecule has 3 N–H and O–H groups in total. The second-order valence-corrected chi connectivity index (χ2v) is 12.4. The van der Waals surface area contributed by atoms with Gasteiger partial charge in [-0.3, -0.25) is 0 Å². The Morgan fingerprint density at radius 1 is 1.38 bits per heavy atom. The number of aromatic nitrogens is 3. The Morgan fingerprint density at radius 2 is 2.00 bits per heavy atom. The van der Waals surface area contributed by atoms with Crippen molar-refractivity contribution in [3.8, 4) is 0 Å². The van der Waals surface area contributed by atoms with Crippen molar-refractivity contribution in [2.45, 2.75) is 44.8 Å². The molecule has 116 valence electrons. The maximum absolute atomic E-state index is 10.4. The van der Waals surface area contributed by atoms with E-state index in [1.165, 1.54) is 6.33 Å². The van der Waals surface area contributed by atoms with Gasteiger partial charge in [-0.25, -0.2) is 9.50 Å². The van der Waals surface area contributed by atoms with Gasteiger partial charge in [0.25, 0.3) is 0 Å².